The molecule has 2 aromatic rings. The average molecular weight is 401 g/mol. The number of nitrogens with one attached hydrogen (secondary N) is 2. The molecule has 1 saturated carbocycles. The first-order valence-electron chi connectivity index (χ1n) is 9.61. The maximum atomic E-state index is 12.7. The molecule has 0 bridgehead atoms. The van der Waals surface area contributed by atoms with E-state index in [1.54, 1.807) is 24.3 Å². The summed E-state index contributed by atoms with van der Waals surface area (Å²) < 4.78 is 28.0. The van der Waals surface area contributed by atoms with E-state index in [9.17, 15) is 13.2 Å². The Hall–Kier alpha value is -2.34. The standard InChI is InChI=1S/C22H28N2O3S/c1-5-23-20(25)22(14-15-22)17-6-10-18(11-7-17)24-28(26,27)19-12-8-16(9-13-19)21(2,3)4/h6-13,24H,5,14-15H2,1-4H3,(H,23,25). The number of amides is 1. The molecule has 0 aromatic heterocycles. The van der Waals surface area contributed by atoms with E-state index in [1.165, 1.54) is 0 Å². The van der Waals surface area contributed by atoms with Gasteiger partial charge in [-0.2, -0.15) is 0 Å². The van der Waals surface area contributed by atoms with Crippen LogP contribution in [0.3, 0.4) is 0 Å². The number of sulfonamides is 1. The molecule has 0 unspecified atom stereocenters. The Morgan fingerprint density at radius 2 is 1.57 bits per heavy atom. The lowest BCUT2D eigenvalue weighted by atomic mass is 9.87. The summed E-state index contributed by atoms with van der Waals surface area (Å²) in [7, 11) is -3.66. The van der Waals surface area contributed by atoms with Gasteiger partial charge in [0.15, 0.2) is 0 Å². The van der Waals surface area contributed by atoms with Crippen molar-refractivity contribution in [3.8, 4) is 0 Å². The Kier molecular flexibility index (Phi) is 5.28. The van der Waals surface area contributed by atoms with E-state index < -0.39 is 15.4 Å². The van der Waals surface area contributed by atoms with Gasteiger partial charge in [-0.05, 0) is 60.6 Å². The van der Waals surface area contributed by atoms with E-state index in [-0.39, 0.29) is 16.2 Å². The summed E-state index contributed by atoms with van der Waals surface area (Å²) in [6.07, 6.45) is 1.65. The predicted molar refractivity (Wildman–Crippen MR) is 112 cm³/mol. The number of anilines is 1. The highest BCUT2D eigenvalue weighted by atomic mass is 32.2. The van der Waals surface area contributed by atoms with Crippen molar-refractivity contribution in [2.75, 3.05) is 11.3 Å². The van der Waals surface area contributed by atoms with Crippen molar-refractivity contribution in [2.24, 2.45) is 0 Å². The number of carbonyl (C=O) groups is 1. The van der Waals surface area contributed by atoms with Gasteiger partial charge in [0.1, 0.15) is 0 Å². The molecular weight excluding hydrogens is 372 g/mol. The van der Waals surface area contributed by atoms with E-state index in [0.29, 0.717) is 12.2 Å². The number of benzene rings is 2. The van der Waals surface area contributed by atoms with Crippen LogP contribution in [0.4, 0.5) is 5.69 Å². The molecule has 1 fully saturated rings. The molecule has 1 aliphatic carbocycles. The van der Waals surface area contributed by atoms with Crippen molar-refractivity contribution in [3.05, 3.63) is 59.7 Å². The van der Waals surface area contributed by atoms with Gasteiger partial charge < -0.3 is 5.32 Å². The lowest BCUT2D eigenvalue weighted by Crippen LogP contribution is -2.34. The summed E-state index contributed by atoms with van der Waals surface area (Å²) in [5.74, 6) is 0.0438. The Balaban J connectivity index is 1.76. The summed E-state index contributed by atoms with van der Waals surface area (Å²) >= 11 is 0. The van der Waals surface area contributed by atoms with Crippen LogP contribution >= 0.6 is 0 Å². The molecule has 150 valence electrons. The van der Waals surface area contributed by atoms with Crippen molar-refractivity contribution >= 4 is 21.6 Å². The van der Waals surface area contributed by atoms with Gasteiger partial charge in [0, 0.05) is 12.2 Å². The molecule has 0 atom stereocenters. The Morgan fingerprint density at radius 1 is 1.00 bits per heavy atom. The SMILES string of the molecule is CCNC(=O)C1(c2ccc(NS(=O)(=O)c3ccc(C(C)(C)C)cc3)cc2)CC1. The van der Waals surface area contributed by atoms with Crippen molar-refractivity contribution in [3.63, 3.8) is 0 Å². The van der Waals surface area contributed by atoms with Crippen LogP contribution in [0.15, 0.2) is 53.4 Å². The largest absolute Gasteiger partial charge is 0.356 e. The second-order valence-electron chi connectivity index (χ2n) is 8.40. The smallest absolute Gasteiger partial charge is 0.261 e. The monoisotopic (exact) mass is 400 g/mol. The highest BCUT2D eigenvalue weighted by Gasteiger charge is 2.50. The van der Waals surface area contributed by atoms with E-state index in [2.05, 4.69) is 30.8 Å². The van der Waals surface area contributed by atoms with Crippen LogP contribution in [-0.2, 0) is 25.6 Å². The van der Waals surface area contributed by atoms with E-state index in [4.69, 9.17) is 0 Å². The number of carbonyl (C=O) groups excluding carboxylic acids is 1. The minimum atomic E-state index is -3.66. The lowest BCUT2D eigenvalue weighted by Gasteiger charge is -2.19. The Bertz CT molecular complexity index is 952. The zero-order valence-corrected chi connectivity index (χ0v) is 17.7. The first-order valence-corrected chi connectivity index (χ1v) is 11.1. The topological polar surface area (TPSA) is 75.3 Å². The second-order valence-corrected chi connectivity index (χ2v) is 10.1. The minimum absolute atomic E-state index is 0.0333. The fourth-order valence-electron chi connectivity index (χ4n) is 3.31. The predicted octanol–water partition coefficient (Wildman–Crippen LogP) is 3.95. The van der Waals surface area contributed by atoms with Crippen molar-refractivity contribution in [1.29, 1.82) is 0 Å². The van der Waals surface area contributed by atoms with Crippen LogP contribution in [0.25, 0.3) is 0 Å². The molecule has 5 nitrogen and oxygen atoms in total. The first-order chi connectivity index (χ1) is 13.1. The van der Waals surface area contributed by atoms with Crippen molar-refractivity contribution in [2.45, 2.75) is 56.3 Å². The number of rotatable bonds is 6. The molecule has 28 heavy (non-hydrogen) atoms. The maximum absolute atomic E-state index is 12.7. The molecule has 1 amide bonds. The molecule has 2 N–H and O–H groups in total. The van der Waals surface area contributed by atoms with Crippen LogP contribution in [-0.4, -0.2) is 20.9 Å². The van der Waals surface area contributed by atoms with Crippen molar-refractivity contribution in [1.82, 2.24) is 5.32 Å². The highest BCUT2D eigenvalue weighted by Crippen LogP contribution is 2.48. The molecule has 0 saturated heterocycles. The van der Waals surface area contributed by atoms with E-state index >= 15 is 0 Å². The van der Waals surface area contributed by atoms with E-state index in [0.717, 1.165) is 24.0 Å². The first kappa shape index (κ1) is 20.4. The van der Waals surface area contributed by atoms with Crippen molar-refractivity contribution < 1.29 is 13.2 Å². The molecule has 2 aromatic carbocycles. The van der Waals surface area contributed by atoms with Gasteiger partial charge in [0.2, 0.25) is 5.91 Å². The summed E-state index contributed by atoms with van der Waals surface area (Å²) in [5, 5.41) is 2.89. The number of hydrogen-bond donors (Lipinski definition) is 2. The lowest BCUT2D eigenvalue weighted by molar-refractivity contribution is -0.123. The Morgan fingerprint density at radius 3 is 2.04 bits per heavy atom. The second kappa shape index (κ2) is 7.24. The third-order valence-corrected chi connectivity index (χ3v) is 6.64. The number of hydrogen-bond acceptors (Lipinski definition) is 3. The fourth-order valence-corrected chi connectivity index (χ4v) is 4.37. The van der Waals surface area contributed by atoms with Gasteiger partial charge in [-0.15, -0.1) is 0 Å². The van der Waals surface area contributed by atoms with Crippen LogP contribution in [0.2, 0.25) is 0 Å². The van der Waals surface area contributed by atoms with Gasteiger partial charge >= 0.3 is 0 Å². The Labute approximate surface area is 167 Å². The zero-order chi connectivity index (χ0) is 20.6. The van der Waals surface area contributed by atoms with Gasteiger partial charge in [0.05, 0.1) is 10.3 Å². The fraction of sp³-hybridized carbons (Fsp3) is 0.409. The van der Waals surface area contributed by atoms with Gasteiger partial charge in [0.25, 0.3) is 10.0 Å². The van der Waals surface area contributed by atoms with Crippen LogP contribution in [0, 0.1) is 0 Å². The molecule has 0 radical (unpaired) electrons. The number of likely N-dealkylation sites (N-methyl/N-ethyl adjacent to an activating group) is 1. The molecule has 3 rings (SSSR count). The maximum Gasteiger partial charge on any atom is 0.261 e. The zero-order valence-electron chi connectivity index (χ0n) is 16.9. The molecular formula is C22H28N2O3S. The molecule has 1 aliphatic rings. The summed E-state index contributed by atoms with van der Waals surface area (Å²) in [6.45, 7) is 8.77. The average Bonchev–Trinajstić information content (AvgIpc) is 3.44. The minimum Gasteiger partial charge on any atom is -0.356 e. The normalized spacial score (nSPS) is 15.7. The molecule has 0 spiro atoms. The van der Waals surface area contributed by atoms with Gasteiger partial charge in [-0.25, -0.2) is 8.42 Å². The third-order valence-electron chi connectivity index (χ3n) is 5.24. The van der Waals surface area contributed by atoms with Crippen LogP contribution < -0.4 is 10.0 Å². The summed E-state index contributed by atoms with van der Waals surface area (Å²) in [6, 6.07) is 14.1. The van der Waals surface area contributed by atoms with Crippen LogP contribution in [0.1, 0.15) is 51.7 Å². The van der Waals surface area contributed by atoms with Gasteiger partial charge in [-0.3, -0.25) is 9.52 Å². The van der Waals surface area contributed by atoms with E-state index in [1.807, 2.05) is 31.2 Å². The highest BCUT2D eigenvalue weighted by molar-refractivity contribution is 7.92. The van der Waals surface area contributed by atoms with Crippen LogP contribution in [0.5, 0.6) is 0 Å². The third kappa shape index (κ3) is 4.07. The van der Waals surface area contributed by atoms with Gasteiger partial charge in [-0.1, -0.05) is 45.0 Å². The molecule has 0 heterocycles. The summed E-state index contributed by atoms with van der Waals surface area (Å²) in [5.41, 5.74) is 2.01. The quantitative estimate of drug-likeness (QED) is 0.771. The summed E-state index contributed by atoms with van der Waals surface area (Å²) in [4.78, 5) is 12.5. The molecule has 6 heteroatoms. The molecule has 0 aliphatic heterocycles.